The van der Waals surface area contributed by atoms with Crippen molar-refractivity contribution in [2.24, 2.45) is 0 Å². The molecule has 0 spiro atoms. The summed E-state index contributed by atoms with van der Waals surface area (Å²) in [6.07, 6.45) is 0. The summed E-state index contributed by atoms with van der Waals surface area (Å²) in [4.78, 5) is 28.8. The Bertz CT molecular complexity index is 938. The maximum atomic E-state index is 12.5. The molecule has 0 unspecified atom stereocenters. The number of rotatable bonds is 6. The van der Waals surface area contributed by atoms with E-state index in [9.17, 15) is 9.59 Å². The Morgan fingerprint density at radius 2 is 1.84 bits per heavy atom. The molecule has 0 fully saturated rings. The van der Waals surface area contributed by atoms with Gasteiger partial charge < -0.3 is 4.74 Å². The molecule has 7 nitrogen and oxygen atoms in total. The van der Waals surface area contributed by atoms with E-state index in [1.807, 2.05) is 25.1 Å². The van der Waals surface area contributed by atoms with Crippen LogP contribution in [0.1, 0.15) is 6.92 Å². The summed E-state index contributed by atoms with van der Waals surface area (Å²) >= 11 is 0. The molecule has 0 saturated carbocycles. The highest BCUT2D eigenvalue weighted by molar-refractivity contribution is 5.80. The molecule has 0 aliphatic rings. The number of aromatic nitrogens is 2. The number of amides is 1. The first kappa shape index (κ1) is 16.5. The Morgan fingerprint density at radius 3 is 2.60 bits per heavy atom. The van der Waals surface area contributed by atoms with Crippen molar-refractivity contribution >= 4 is 22.8 Å². The van der Waals surface area contributed by atoms with Gasteiger partial charge in [-0.05, 0) is 31.2 Å². The minimum Gasteiger partial charge on any atom is -0.484 e. The molecule has 25 heavy (non-hydrogen) atoms. The number of anilines is 1. The van der Waals surface area contributed by atoms with Gasteiger partial charge in [0.1, 0.15) is 5.75 Å². The number of nitrogens with one attached hydrogen (secondary N) is 2. The van der Waals surface area contributed by atoms with Crippen LogP contribution in [0.25, 0.3) is 10.9 Å². The predicted molar refractivity (Wildman–Crippen MR) is 95.4 cm³/mol. The molecule has 3 rings (SSSR count). The van der Waals surface area contributed by atoms with Crippen molar-refractivity contribution in [1.29, 1.82) is 0 Å². The number of carbonyl (C=O) groups excluding carboxylic acids is 1. The number of fused-ring (bicyclic) bond motifs is 1. The van der Waals surface area contributed by atoms with Crippen molar-refractivity contribution in [1.82, 2.24) is 15.0 Å². The second-order valence-corrected chi connectivity index (χ2v) is 5.28. The largest absolute Gasteiger partial charge is 0.484 e. The molecule has 7 heteroatoms. The van der Waals surface area contributed by atoms with Crippen molar-refractivity contribution in [2.75, 3.05) is 12.0 Å². The first-order valence-electron chi connectivity index (χ1n) is 7.91. The number of para-hydroxylation sites is 2. The standard InChI is InChI=1S/C18H18N4O3/c1-2-22-17(24)14-10-6-7-11-15(14)19-18(22)21-20-16(23)12-25-13-8-4-3-5-9-13/h3-11H,2,12H2,1H3,(H,19,21)(H,20,23). The molecule has 1 amide bonds. The number of carbonyl (C=O) groups is 1. The Balaban J connectivity index is 1.70. The van der Waals surface area contributed by atoms with Gasteiger partial charge in [-0.25, -0.2) is 4.98 Å². The zero-order chi connectivity index (χ0) is 17.6. The van der Waals surface area contributed by atoms with E-state index in [-0.39, 0.29) is 24.0 Å². The lowest BCUT2D eigenvalue weighted by Crippen LogP contribution is -2.37. The van der Waals surface area contributed by atoms with Crippen LogP contribution in [0, 0.1) is 0 Å². The Hall–Kier alpha value is -3.35. The minimum atomic E-state index is -0.381. The fourth-order valence-corrected chi connectivity index (χ4v) is 2.38. The van der Waals surface area contributed by atoms with Crippen molar-refractivity contribution < 1.29 is 9.53 Å². The third-order valence-corrected chi connectivity index (χ3v) is 3.60. The van der Waals surface area contributed by atoms with E-state index < -0.39 is 0 Å². The van der Waals surface area contributed by atoms with Crippen molar-refractivity contribution in [2.45, 2.75) is 13.5 Å². The SMILES string of the molecule is CCn1c(NNC(=O)COc2ccccc2)nc2ccccc2c1=O. The van der Waals surface area contributed by atoms with Crippen LogP contribution < -0.4 is 21.1 Å². The summed E-state index contributed by atoms with van der Waals surface area (Å²) in [5.74, 6) is 0.500. The lowest BCUT2D eigenvalue weighted by Gasteiger charge is -2.14. The average Bonchev–Trinajstić information content (AvgIpc) is 2.65. The molecule has 3 aromatic rings. The highest BCUT2D eigenvalue weighted by Crippen LogP contribution is 2.10. The Kier molecular flexibility index (Phi) is 4.94. The lowest BCUT2D eigenvalue weighted by atomic mass is 10.2. The van der Waals surface area contributed by atoms with Crippen LogP contribution in [-0.2, 0) is 11.3 Å². The van der Waals surface area contributed by atoms with Crippen LogP contribution in [0.5, 0.6) is 5.75 Å². The van der Waals surface area contributed by atoms with Gasteiger partial charge in [0.25, 0.3) is 11.5 Å². The number of hydrogen-bond donors (Lipinski definition) is 2. The average molecular weight is 338 g/mol. The van der Waals surface area contributed by atoms with Crippen LogP contribution >= 0.6 is 0 Å². The number of hydrogen-bond acceptors (Lipinski definition) is 5. The molecular formula is C18H18N4O3. The number of benzene rings is 2. The summed E-state index contributed by atoms with van der Waals surface area (Å²) < 4.78 is 6.82. The molecule has 0 aliphatic heterocycles. The van der Waals surface area contributed by atoms with Crippen LogP contribution in [0.15, 0.2) is 59.4 Å². The molecular weight excluding hydrogens is 320 g/mol. The van der Waals surface area contributed by atoms with E-state index >= 15 is 0 Å². The van der Waals surface area contributed by atoms with Crippen molar-refractivity contribution in [3.8, 4) is 5.75 Å². The molecule has 0 radical (unpaired) electrons. The third kappa shape index (κ3) is 3.77. The van der Waals surface area contributed by atoms with E-state index in [1.165, 1.54) is 4.57 Å². The summed E-state index contributed by atoms with van der Waals surface area (Å²) in [5, 5.41) is 0.536. The van der Waals surface area contributed by atoms with E-state index in [0.29, 0.717) is 23.2 Å². The summed E-state index contributed by atoms with van der Waals surface area (Å²) in [6, 6.07) is 16.1. The van der Waals surface area contributed by atoms with Crippen LogP contribution in [0.3, 0.4) is 0 Å². The van der Waals surface area contributed by atoms with E-state index in [0.717, 1.165) is 0 Å². The predicted octanol–water partition coefficient (Wildman–Crippen LogP) is 1.94. The van der Waals surface area contributed by atoms with Gasteiger partial charge in [-0.3, -0.25) is 25.0 Å². The van der Waals surface area contributed by atoms with Gasteiger partial charge in [-0.2, -0.15) is 0 Å². The normalized spacial score (nSPS) is 10.4. The smallest absolute Gasteiger partial charge is 0.276 e. The molecule has 1 aromatic heterocycles. The van der Waals surface area contributed by atoms with Gasteiger partial charge in [0.2, 0.25) is 5.95 Å². The minimum absolute atomic E-state index is 0.152. The van der Waals surface area contributed by atoms with Gasteiger partial charge in [0, 0.05) is 6.54 Å². The van der Waals surface area contributed by atoms with Gasteiger partial charge in [-0.1, -0.05) is 30.3 Å². The summed E-state index contributed by atoms with van der Waals surface area (Å²) in [5.41, 5.74) is 5.61. The van der Waals surface area contributed by atoms with Gasteiger partial charge in [0.15, 0.2) is 6.61 Å². The van der Waals surface area contributed by atoms with E-state index in [2.05, 4.69) is 15.8 Å². The van der Waals surface area contributed by atoms with Gasteiger partial charge in [-0.15, -0.1) is 0 Å². The van der Waals surface area contributed by atoms with Crippen LogP contribution in [-0.4, -0.2) is 22.1 Å². The molecule has 0 atom stereocenters. The first-order valence-corrected chi connectivity index (χ1v) is 7.91. The molecule has 0 saturated heterocycles. The topological polar surface area (TPSA) is 85.2 Å². The van der Waals surface area contributed by atoms with Crippen LogP contribution in [0.4, 0.5) is 5.95 Å². The molecule has 0 aliphatic carbocycles. The third-order valence-electron chi connectivity index (χ3n) is 3.60. The number of hydrazine groups is 1. The lowest BCUT2D eigenvalue weighted by molar-refractivity contribution is -0.122. The highest BCUT2D eigenvalue weighted by atomic mass is 16.5. The molecule has 2 aromatic carbocycles. The molecule has 0 bridgehead atoms. The maximum Gasteiger partial charge on any atom is 0.276 e. The second-order valence-electron chi connectivity index (χ2n) is 5.28. The fourth-order valence-electron chi connectivity index (χ4n) is 2.38. The van der Waals surface area contributed by atoms with E-state index in [4.69, 9.17) is 4.74 Å². The Morgan fingerprint density at radius 1 is 1.12 bits per heavy atom. The van der Waals surface area contributed by atoms with E-state index in [1.54, 1.807) is 36.4 Å². The molecule has 128 valence electrons. The quantitative estimate of drug-likeness (QED) is 0.671. The number of nitrogens with zero attached hydrogens (tertiary/aromatic N) is 2. The fraction of sp³-hybridized carbons (Fsp3) is 0.167. The number of ether oxygens (including phenoxy) is 1. The maximum absolute atomic E-state index is 12.5. The van der Waals surface area contributed by atoms with Crippen molar-refractivity contribution in [3.63, 3.8) is 0 Å². The first-order chi connectivity index (χ1) is 12.2. The van der Waals surface area contributed by atoms with Crippen molar-refractivity contribution in [3.05, 3.63) is 65.0 Å². The monoisotopic (exact) mass is 338 g/mol. The Labute approximate surface area is 144 Å². The summed E-state index contributed by atoms with van der Waals surface area (Å²) in [7, 11) is 0. The summed E-state index contributed by atoms with van der Waals surface area (Å²) in [6.45, 7) is 2.11. The van der Waals surface area contributed by atoms with Gasteiger partial charge in [0.05, 0.1) is 10.9 Å². The zero-order valence-corrected chi connectivity index (χ0v) is 13.7. The molecule has 2 N–H and O–H groups in total. The van der Waals surface area contributed by atoms with Crippen LogP contribution in [0.2, 0.25) is 0 Å². The highest BCUT2D eigenvalue weighted by Gasteiger charge is 2.10. The van der Waals surface area contributed by atoms with Gasteiger partial charge >= 0.3 is 0 Å². The molecule has 1 heterocycles. The zero-order valence-electron chi connectivity index (χ0n) is 13.7. The second kappa shape index (κ2) is 7.48.